The number of ether oxygens (including phenoxy) is 2. The van der Waals surface area contributed by atoms with Crippen molar-refractivity contribution in [1.82, 2.24) is 19.4 Å². The van der Waals surface area contributed by atoms with E-state index in [1.807, 2.05) is 40.8 Å². The van der Waals surface area contributed by atoms with Gasteiger partial charge >= 0.3 is 6.18 Å². The van der Waals surface area contributed by atoms with Crippen LogP contribution in [0.4, 0.5) is 27.6 Å². The van der Waals surface area contributed by atoms with Gasteiger partial charge in [-0.3, -0.25) is 14.5 Å². The van der Waals surface area contributed by atoms with Crippen molar-refractivity contribution in [1.29, 1.82) is 0 Å². The van der Waals surface area contributed by atoms with Gasteiger partial charge in [0.25, 0.3) is 11.8 Å². The van der Waals surface area contributed by atoms with Crippen LogP contribution in [-0.4, -0.2) is 76.8 Å². The summed E-state index contributed by atoms with van der Waals surface area (Å²) in [7, 11) is 1.82. The molecule has 3 aromatic carbocycles. The van der Waals surface area contributed by atoms with E-state index in [1.165, 1.54) is 13.1 Å². The fourth-order valence-electron chi connectivity index (χ4n) is 6.01. The molecule has 2 amide bonds. The maximum absolute atomic E-state index is 13.6. The third kappa shape index (κ3) is 9.24. The fourth-order valence-corrected chi connectivity index (χ4v) is 6.01. The molecule has 0 atom stereocenters. The summed E-state index contributed by atoms with van der Waals surface area (Å²) in [5, 5.41) is 3.50. The van der Waals surface area contributed by atoms with Crippen LogP contribution in [0.25, 0.3) is 10.9 Å². The highest BCUT2D eigenvalue weighted by atomic mass is 35.5. The number of nitrogens with one attached hydrogen (secondary N) is 1. The quantitative estimate of drug-likeness (QED) is 0.138. The third-order valence-corrected chi connectivity index (χ3v) is 8.89. The number of halogens is 6. The molecule has 1 fully saturated rings. The number of aromatic nitrogens is 2. The summed E-state index contributed by atoms with van der Waals surface area (Å²) in [5.74, 6) is 0.500. The SMILES string of the molecule is Cc1cc(C(F)(F)F)ccc1C(=O)Nc1ccc(Oc2ccc3cc(C(=O)N4CCN(Cc5ccc(OC(CF)CF)cc5)CC4)n(C)c3c2)nc1.Cl. The van der Waals surface area contributed by atoms with Crippen molar-refractivity contribution in [3.05, 3.63) is 113 Å². The van der Waals surface area contributed by atoms with E-state index in [-0.39, 0.29) is 35.3 Å². The number of carbonyl (C=O) groups is 2. The van der Waals surface area contributed by atoms with E-state index in [2.05, 4.69) is 15.2 Å². The minimum atomic E-state index is -4.50. The molecule has 2 aromatic heterocycles. The zero-order chi connectivity index (χ0) is 37.0. The van der Waals surface area contributed by atoms with Gasteiger partial charge in [0, 0.05) is 62.9 Å². The van der Waals surface area contributed by atoms with Gasteiger partial charge in [-0.25, -0.2) is 13.8 Å². The number of alkyl halides is 5. The molecule has 1 N–H and O–H groups in total. The normalized spacial score (nSPS) is 13.5. The zero-order valence-corrected chi connectivity index (χ0v) is 29.6. The topological polar surface area (TPSA) is 88.9 Å². The molecule has 5 aromatic rings. The summed E-state index contributed by atoms with van der Waals surface area (Å²) in [6.45, 7) is 2.80. The van der Waals surface area contributed by atoms with Gasteiger partial charge in [0.2, 0.25) is 5.88 Å². The monoisotopic (exact) mass is 757 g/mol. The number of amides is 2. The summed E-state index contributed by atoms with van der Waals surface area (Å²) < 4.78 is 77.6. The lowest BCUT2D eigenvalue weighted by molar-refractivity contribution is -0.137. The molecule has 280 valence electrons. The zero-order valence-electron chi connectivity index (χ0n) is 28.8. The first-order valence-electron chi connectivity index (χ1n) is 16.5. The Morgan fingerprint density at radius 3 is 2.21 bits per heavy atom. The summed E-state index contributed by atoms with van der Waals surface area (Å²) in [5.41, 5.74) is 2.17. The van der Waals surface area contributed by atoms with Crippen LogP contribution in [0.5, 0.6) is 17.4 Å². The van der Waals surface area contributed by atoms with E-state index in [0.29, 0.717) is 55.6 Å². The predicted molar refractivity (Wildman–Crippen MR) is 193 cm³/mol. The van der Waals surface area contributed by atoms with Gasteiger partial charge in [0.15, 0.2) is 6.10 Å². The molecule has 0 bridgehead atoms. The van der Waals surface area contributed by atoms with Crippen molar-refractivity contribution in [2.45, 2.75) is 25.7 Å². The molecule has 1 aliphatic rings. The largest absolute Gasteiger partial charge is 0.485 e. The van der Waals surface area contributed by atoms with Gasteiger partial charge in [0.05, 0.1) is 23.0 Å². The lowest BCUT2D eigenvalue weighted by Gasteiger charge is -2.34. The van der Waals surface area contributed by atoms with Crippen LogP contribution in [0.1, 0.15) is 37.5 Å². The molecule has 1 saturated heterocycles. The standard InChI is InChI=1S/C38H36F5N5O4.ClH/c1-24-17-27(38(41,42)43)6-11-32(24)36(49)45-28-7-12-35(44-22-28)52-30-10-5-26-18-34(46(2)33(26)19-30)37(50)48-15-13-47(14-16-48)23-25-3-8-29(9-4-25)51-31(20-39)21-40;/h3-12,17-19,22,31H,13-16,20-21,23H2,1-2H3,(H,45,49);1H. The molecular formula is C38H37ClF5N5O4. The summed E-state index contributed by atoms with van der Waals surface area (Å²) in [6, 6.07) is 20.5. The maximum Gasteiger partial charge on any atom is 0.416 e. The van der Waals surface area contributed by atoms with Crippen molar-refractivity contribution in [2.75, 3.05) is 44.8 Å². The Balaban J connectivity index is 0.00000541. The summed E-state index contributed by atoms with van der Waals surface area (Å²) in [4.78, 5) is 34.6. The second-order valence-electron chi connectivity index (χ2n) is 12.5. The van der Waals surface area contributed by atoms with E-state index in [1.54, 1.807) is 36.4 Å². The highest BCUT2D eigenvalue weighted by molar-refractivity contribution is 6.05. The van der Waals surface area contributed by atoms with Crippen LogP contribution in [0.15, 0.2) is 85.1 Å². The predicted octanol–water partition coefficient (Wildman–Crippen LogP) is 8.01. The molecule has 3 heterocycles. The number of nitrogens with zero attached hydrogens (tertiary/aromatic N) is 4. The molecule has 15 heteroatoms. The maximum atomic E-state index is 13.6. The second-order valence-corrected chi connectivity index (χ2v) is 12.5. The second kappa shape index (κ2) is 16.6. The van der Waals surface area contributed by atoms with Gasteiger partial charge in [-0.2, -0.15) is 13.2 Å². The van der Waals surface area contributed by atoms with E-state index in [4.69, 9.17) is 9.47 Å². The Morgan fingerprint density at radius 1 is 0.887 bits per heavy atom. The first kappa shape index (κ1) is 39.0. The van der Waals surface area contributed by atoms with Gasteiger partial charge in [-0.1, -0.05) is 12.1 Å². The van der Waals surface area contributed by atoms with E-state index < -0.39 is 37.1 Å². The minimum Gasteiger partial charge on any atom is -0.485 e. The number of fused-ring (bicyclic) bond motifs is 1. The minimum absolute atomic E-state index is 0. The number of pyridine rings is 1. The average molecular weight is 758 g/mol. The highest BCUT2D eigenvalue weighted by Crippen LogP contribution is 2.31. The van der Waals surface area contributed by atoms with Gasteiger partial charge in [0.1, 0.15) is 30.5 Å². The van der Waals surface area contributed by atoms with Crippen LogP contribution < -0.4 is 14.8 Å². The molecule has 0 saturated carbocycles. The number of rotatable bonds is 11. The number of piperazine rings is 1. The lowest BCUT2D eigenvalue weighted by Crippen LogP contribution is -2.48. The van der Waals surface area contributed by atoms with Gasteiger partial charge in [-0.15, -0.1) is 12.4 Å². The molecule has 0 aliphatic carbocycles. The highest BCUT2D eigenvalue weighted by Gasteiger charge is 2.31. The number of hydrogen-bond acceptors (Lipinski definition) is 6. The van der Waals surface area contributed by atoms with Crippen molar-refractivity contribution in [2.24, 2.45) is 7.05 Å². The first-order valence-corrected chi connectivity index (χ1v) is 16.5. The van der Waals surface area contributed by atoms with Crippen LogP contribution in [0.3, 0.4) is 0 Å². The van der Waals surface area contributed by atoms with Crippen molar-refractivity contribution in [3.8, 4) is 17.4 Å². The van der Waals surface area contributed by atoms with Crippen molar-refractivity contribution < 1.29 is 41.0 Å². The molecule has 53 heavy (non-hydrogen) atoms. The smallest absolute Gasteiger partial charge is 0.416 e. The van der Waals surface area contributed by atoms with E-state index in [9.17, 15) is 31.5 Å². The Bertz CT molecular complexity index is 2050. The number of benzene rings is 3. The number of aryl methyl sites for hydroxylation is 2. The summed E-state index contributed by atoms with van der Waals surface area (Å²) >= 11 is 0. The molecule has 6 rings (SSSR count). The van der Waals surface area contributed by atoms with Crippen LogP contribution >= 0.6 is 12.4 Å². The van der Waals surface area contributed by atoms with Gasteiger partial charge < -0.3 is 24.3 Å². The van der Waals surface area contributed by atoms with Crippen molar-refractivity contribution in [3.63, 3.8) is 0 Å². The van der Waals surface area contributed by atoms with Crippen LogP contribution in [-0.2, 0) is 19.8 Å². The summed E-state index contributed by atoms with van der Waals surface area (Å²) in [6.07, 6.45) is -4.21. The van der Waals surface area contributed by atoms with Gasteiger partial charge in [-0.05, 0) is 72.6 Å². The third-order valence-electron chi connectivity index (χ3n) is 8.89. The van der Waals surface area contributed by atoms with Crippen LogP contribution in [0.2, 0.25) is 0 Å². The van der Waals surface area contributed by atoms with E-state index in [0.717, 1.165) is 34.7 Å². The molecular weight excluding hydrogens is 721 g/mol. The Morgan fingerprint density at radius 2 is 1.58 bits per heavy atom. The first-order chi connectivity index (χ1) is 24.9. The fraction of sp³-hybridized carbons (Fsp3) is 0.289. The van der Waals surface area contributed by atoms with E-state index >= 15 is 0 Å². The molecule has 1 aliphatic heterocycles. The molecule has 9 nitrogen and oxygen atoms in total. The Labute approximate surface area is 308 Å². The molecule has 0 spiro atoms. The van der Waals surface area contributed by atoms with Crippen molar-refractivity contribution >= 4 is 40.8 Å². The molecule has 0 unspecified atom stereocenters. The van der Waals surface area contributed by atoms with Crippen LogP contribution in [0, 0.1) is 6.92 Å². The Hall–Kier alpha value is -5.21. The number of carbonyl (C=O) groups excluding carboxylic acids is 2. The lowest BCUT2D eigenvalue weighted by atomic mass is 10.0. The number of hydrogen-bond donors (Lipinski definition) is 1. The average Bonchev–Trinajstić information content (AvgIpc) is 3.46. The number of anilines is 1. The Kier molecular flexibility index (Phi) is 12.2. The molecule has 0 radical (unpaired) electrons.